The Labute approximate surface area is 134 Å². The van der Waals surface area contributed by atoms with E-state index in [4.69, 9.17) is 22.1 Å². The van der Waals surface area contributed by atoms with Gasteiger partial charge in [-0.3, -0.25) is 4.79 Å². The van der Waals surface area contributed by atoms with Crippen molar-refractivity contribution in [2.75, 3.05) is 13.1 Å². The quantitative estimate of drug-likeness (QED) is 0.788. The van der Waals surface area contributed by atoms with Gasteiger partial charge in [0.2, 0.25) is 5.91 Å². The van der Waals surface area contributed by atoms with Gasteiger partial charge in [-0.1, -0.05) is 11.6 Å². The van der Waals surface area contributed by atoms with Crippen molar-refractivity contribution in [3.8, 4) is 0 Å². The molecule has 0 unspecified atom stereocenters. The number of nitrogens with two attached hydrogens (primary N) is 1. The largest absolute Gasteiger partial charge is 0.364 e. The number of rotatable bonds is 5. The van der Waals surface area contributed by atoms with Crippen molar-refractivity contribution in [1.29, 1.82) is 0 Å². The third kappa shape index (κ3) is 3.27. The number of ether oxygens (including phenoxy) is 1. The maximum Gasteiger partial charge on any atom is 0.249 e. The zero-order valence-corrected chi connectivity index (χ0v) is 13.0. The molecule has 4 N–H and O–H groups in total. The van der Waals surface area contributed by atoms with Crippen LogP contribution in [0.4, 0.5) is 0 Å². The molecular formula is C16H20ClN3O2. The van der Waals surface area contributed by atoms with Crippen molar-refractivity contribution in [3.05, 3.63) is 35.0 Å². The summed E-state index contributed by atoms with van der Waals surface area (Å²) in [7, 11) is 0. The van der Waals surface area contributed by atoms with E-state index in [9.17, 15) is 4.79 Å². The van der Waals surface area contributed by atoms with E-state index in [1.54, 1.807) is 0 Å². The van der Waals surface area contributed by atoms with E-state index in [1.807, 2.05) is 24.4 Å². The predicted molar refractivity (Wildman–Crippen MR) is 87.0 cm³/mol. The number of hydrogen-bond acceptors (Lipinski definition) is 3. The van der Waals surface area contributed by atoms with Crippen LogP contribution in [0.15, 0.2) is 24.4 Å². The summed E-state index contributed by atoms with van der Waals surface area (Å²) in [5.74, 6) is -0.0474. The molecule has 1 aliphatic heterocycles. The highest BCUT2D eigenvalue weighted by atomic mass is 35.5. The number of fused-ring (bicyclic) bond motifs is 1. The molecule has 5 nitrogen and oxygen atoms in total. The van der Waals surface area contributed by atoms with Gasteiger partial charge in [0.15, 0.2) is 0 Å². The van der Waals surface area contributed by atoms with Crippen LogP contribution in [-0.4, -0.2) is 36.2 Å². The van der Waals surface area contributed by atoms with Gasteiger partial charge in [0.1, 0.15) is 6.10 Å². The molecule has 1 aliphatic rings. The van der Waals surface area contributed by atoms with Gasteiger partial charge in [0, 0.05) is 35.2 Å². The molecule has 0 aliphatic carbocycles. The highest BCUT2D eigenvalue weighted by molar-refractivity contribution is 6.31. The molecule has 0 saturated carbocycles. The average Bonchev–Trinajstić information content (AvgIpc) is 3.14. The molecule has 3 rings (SSSR count). The van der Waals surface area contributed by atoms with E-state index in [2.05, 4.69) is 10.3 Å². The standard InChI is InChI=1S/C16H20ClN3O2/c17-11-1-3-14-13(7-11)10(9-20-14)5-6-19-16(21)15-4-2-12(8-18)22-15/h1,3,7,9,12,15,20H,2,4-6,8,18H2,(H,19,21)/t12-,15+/m1/s1. The summed E-state index contributed by atoms with van der Waals surface area (Å²) < 4.78 is 5.59. The fourth-order valence-corrected chi connectivity index (χ4v) is 3.04. The van der Waals surface area contributed by atoms with Crippen LogP contribution < -0.4 is 11.1 Å². The molecule has 2 atom stereocenters. The van der Waals surface area contributed by atoms with E-state index in [-0.39, 0.29) is 18.1 Å². The second-order valence-corrected chi connectivity index (χ2v) is 6.04. The number of amides is 1. The summed E-state index contributed by atoms with van der Waals surface area (Å²) in [6.45, 7) is 1.05. The molecule has 2 heterocycles. The highest BCUT2D eigenvalue weighted by Gasteiger charge is 2.29. The van der Waals surface area contributed by atoms with Crippen molar-refractivity contribution < 1.29 is 9.53 Å². The molecule has 2 aromatic rings. The summed E-state index contributed by atoms with van der Waals surface area (Å²) in [4.78, 5) is 15.3. The van der Waals surface area contributed by atoms with Crippen molar-refractivity contribution in [2.45, 2.75) is 31.5 Å². The van der Waals surface area contributed by atoms with E-state index >= 15 is 0 Å². The normalized spacial score (nSPS) is 21.4. The minimum atomic E-state index is -0.356. The lowest BCUT2D eigenvalue weighted by molar-refractivity contribution is -0.131. The topological polar surface area (TPSA) is 80.1 Å². The van der Waals surface area contributed by atoms with Crippen LogP contribution in [0.3, 0.4) is 0 Å². The number of benzene rings is 1. The Morgan fingerprint density at radius 2 is 2.32 bits per heavy atom. The number of nitrogens with one attached hydrogen (secondary N) is 2. The summed E-state index contributed by atoms with van der Waals surface area (Å²) in [6.07, 6.45) is 3.98. The summed E-state index contributed by atoms with van der Waals surface area (Å²) in [5, 5.41) is 4.75. The number of halogens is 1. The van der Waals surface area contributed by atoms with Gasteiger partial charge in [-0.15, -0.1) is 0 Å². The third-order valence-electron chi connectivity index (χ3n) is 4.09. The second-order valence-electron chi connectivity index (χ2n) is 5.60. The molecule has 1 amide bonds. The molecule has 1 aromatic carbocycles. The molecule has 6 heteroatoms. The van der Waals surface area contributed by atoms with Crippen LogP contribution in [0.1, 0.15) is 18.4 Å². The number of H-pyrrole nitrogens is 1. The number of aromatic amines is 1. The number of carbonyl (C=O) groups excluding carboxylic acids is 1. The number of hydrogen-bond donors (Lipinski definition) is 3. The Balaban J connectivity index is 1.54. The van der Waals surface area contributed by atoms with Crippen LogP contribution in [0.2, 0.25) is 5.02 Å². The Morgan fingerprint density at radius 1 is 1.45 bits per heavy atom. The van der Waals surface area contributed by atoms with Gasteiger partial charge in [0.05, 0.1) is 6.10 Å². The van der Waals surface area contributed by atoms with Gasteiger partial charge in [-0.2, -0.15) is 0 Å². The van der Waals surface area contributed by atoms with E-state index in [1.165, 1.54) is 0 Å². The Morgan fingerprint density at radius 3 is 3.09 bits per heavy atom. The van der Waals surface area contributed by atoms with Crippen LogP contribution in [0, 0.1) is 0 Å². The lowest BCUT2D eigenvalue weighted by atomic mass is 10.1. The van der Waals surface area contributed by atoms with Crippen LogP contribution in [0.25, 0.3) is 10.9 Å². The monoisotopic (exact) mass is 321 g/mol. The first-order chi connectivity index (χ1) is 10.7. The first-order valence-corrected chi connectivity index (χ1v) is 7.94. The summed E-state index contributed by atoms with van der Waals surface area (Å²) in [5.41, 5.74) is 7.75. The predicted octanol–water partition coefficient (Wildman–Crippen LogP) is 1.99. The van der Waals surface area contributed by atoms with Crippen LogP contribution in [-0.2, 0) is 16.0 Å². The van der Waals surface area contributed by atoms with Gasteiger partial charge in [0.25, 0.3) is 0 Å². The van der Waals surface area contributed by atoms with Gasteiger partial charge < -0.3 is 20.8 Å². The van der Waals surface area contributed by atoms with E-state index < -0.39 is 0 Å². The van der Waals surface area contributed by atoms with Crippen molar-refractivity contribution in [3.63, 3.8) is 0 Å². The molecule has 0 radical (unpaired) electrons. The molecule has 22 heavy (non-hydrogen) atoms. The Bertz CT molecular complexity index is 670. The number of carbonyl (C=O) groups is 1. The fourth-order valence-electron chi connectivity index (χ4n) is 2.86. The Kier molecular flexibility index (Phi) is 4.66. The summed E-state index contributed by atoms with van der Waals surface area (Å²) in [6, 6.07) is 5.76. The molecule has 1 fully saturated rings. The minimum Gasteiger partial charge on any atom is -0.364 e. The Hall–Kier alpha value is -1.56. The molecule has 1 saturated heterocycles. The molecule has 0 bridgehead atoms. The van der Waals surface area contributed by atoms with Crippen molar-refractivity contribution in [2.24, 2.45) is 5.73 Å². The van der Waals surface area contributed by atoms with Gasteiger partial charge in [-0.25, -0.2) is 0 Å². The van der Waals surface area contributed by atoms with Crippen LogP contribution in [0.5, 0.6) is 0 Å². The van der Waals surface area contributed by atoms with E-state index in [0.717, 1.165) is 35.7 Å². The van der Waals surface area contributed by atoms with Gasteiger partial charge >= 0.3 is 0 Å². The van der Waals surface area contributed by atoms with Crippen molar-refractivity contribution in [1.82, 2.24) is 10.3 Å². The lowest BCUT2D eigenvalue weighted by Crippen LogP contribution is -2.36. The first-order valence-electron chi connectivity index (χ1n) is 7.56. The minimum absolute atomic E-state index is 0.0199. The van der Waals surface area contributed by atoms with Gasteiger partial charge in [-0.05, 0) is 43.0 Å². The van der Waals surface area contributed by atoms with Crippen molar-refractivity contribution >= 4 is 28.4 Å². The molecule has 1 aromatic heterocycles. The average molecular weight is 322 g/mol. The molecule has 118 valence electrons. The second kappa shape index (κ2) is 6.69. The zero-order chi connectivity index (χ0) is 15.5. The zero-order valence-electron chi connectivity index (χ0n) is 12.3. The third-order valence-corrected chi connectivity index (χ3v) is 4.32. The first kappa shape index (κ1) is 15.3. The lowest BCUT2D eigenvalue weighted by Gasteiger charge is -2.12. The maximum atomic E-state index is 12.0. The molecule has 0 spiro atoms. The fraction of sp³-hybridized carbons (Fsp3) is 0.438. The van der Waals surface area contributed by atoms with Crippen LogP contribution >= 0.6 is 11.6 Å². The highest BCUT2D eigenvalue weighted by Crippen LogP contribution is 2.23. The smallest absolute Gasteiger partial charge is 0.249 e. The number of aromatic nitrogens is 1. The SMILES string of the molecule is NC[C@H]1CC[C@@H](C(=O)NCCc2c[nH]c3ccc(Cl)cc23)O1. The maximum absolute atomic E-state index is 12.0. The van der Waals surface area contributed by atoms with E-state index in [0.29, 0.717) is 18.1 Å². The molecular weight excluding hydrogens is 302 g/mol. The summed E-state index contributed by atoms with van der Waals surface area (Å²) >= 11 is 6.04.